The van der Waals surface area contributed by atoms with Gasteiger partial charge in [-0.25, -0.2) is 4.90 Å². The third-order valence-corrected chi connectivity index (χ3v) is 5.75. The van der Waals surface area contributed by atoms with Crippen molar-refractivity contribution in [2.75, 3.05) is 24.7 Å². The molecule has 0 radical (unpaired) electrons. The van der Waals surface area contributed by atoms with Crippen molar-refractivity contribution in [1.82, 2.24) is 5.32 Å². The number of amides is 1. The highest BCUT2D eigenvalue weighted by atomic mass is 32.1. The van der Waals surface area contributed by atoms with Crippen molar-refractivity contribution in [3.05, 3.63) is 83.6 Å². The number of nitrogens with zero attached hydrogens (tertiary/aromatic N) is 1. The first kappa shape index (κ1) is 26.0. The van der Waals surface area contributed by atoms with Crippen LogP contribution in [-0.4, -0.2) is 30.8 Å². The van der Waals surface area contributed by atoms with E-state index in [4.69, 9.17) is 31.2 Å². The van der Waals surface area contributed by atoms with Crippen LogP contribution >= 0.6 is 12.2 Å². The molecule has 1 N–H and O–H groups in total. The molecule has 1 saturated heterocycles. The molecule has 0 unspecified atom stereocenters. The number of ether oxygens (including phenoxy) is 4. The van der Waals surface area contributed by atoms with Crippen LogP contribution < -0.4 is 29.2 Å². The first-order chi connectivity index (χ1) is 18.0. The molecule has 4 rings (SSSR count). The number of rotatable bonds is 11. The number of para-hydroxylation sites is 2. The van der Waals surface area contributed by atoms with E-state index in [1.165, 1.54) is 4.90 Å². The van der Waals surface area contributed by atoms with Crippen molar-refractivity contribution in [2.24, 2.45) is 0 Å². The fraction of sp³-hybridized carbons (Fsp3) is 0.241. The zero-order valence-electron chi connectivity index (χ0n) is 21.2. The third kappa shape index (κ3) is 6.21. The molecule has 37 heavy (non-hydrogen) atoms. The summed E-state index contributed by atoms with van der Waals surface area (Å²) in [6.45, 7) is 7.73. The summed E-state index contributed by atoms with van der Waals surface area (Å²) in [5, 5.41) is 3.33. The van der Waals surface area contributed by atoms with Gasteiger partial charge in [-0.15, -0.1) is 0 Å². The Bertz CT molecular complexity index is 1310. The predicted molar refractivity (Wildman–Crippen MR) is 148 cm³/mol. The summed E-state index contributed by atoms with van der Waals surface area (Å²) < 4.78 is 23.1. The Morgan fingerprint density at radius 3 is 2.32 bits per heavy atom. The van der Waals surface area contributed by atoms with Crippen molar-refractivity contribution >= 4 is 35.0 Å². The van der Waals surface area contributed by atoms with Gasteiger partial charge in [-0.3, -0.25) is 4.79 Å². The number of anilines is 1. The standard InChI is InChI=1S/C29H30N2O5S/c1-4-33-25-13-8-7-12-24(25)31-28(32)23(30-29(31)37)17-20-10-9-11-22(16-20)36-19-21-14-15-26(34-5-2)27(18-21)35-6-3/h7-18H,4-6,19H2,1-3H3,(H,30,37)/b23-17+. The molecule has 0 saturated carbocycles. The monoisotopic (exact) mass is 518 g/mol. The molecule has 1 amide bonds. The summed E-state index contributed by atoms with van der Waals surface area (Å²) in [5.74, 6) is 2.43. The fourth-order valence-corrected chi connectivity index (χ4v) is 4.18. The number of carbonyl (C=O) groups is 1. The molecule has 3 aromatic rings. The minimum absolute atomic E-state index is 0.249. The highest BCUT2D eigenvalue weighted by molar-refractivity contribution is 7.80. The molecule has 3 aromatic carbocycles. The summed E-state index contributed by atoms with van der Waals surface area (Å²) in [5.41, 5.74) is 2.74. The van der Waals surface area contributed by atoms with Crippen molar-refractivity contribution in [2.45, 2.75) is 27.4 Å². The van der Waals surface area contributed by atoms with E-state index >= 15 is 0 Å². The lowest BCUT2D eigenvalue weighted by Gasteiger charge is -2.17. The minimum atomic E-state index is -0.249. The highest BCUT2D eigenvalue weighted by Crippen LogP contribution is 2.32. The molecule has 1 heterocycles. The van der Waals surface area contributed by atoms with Gasteiger partial charge in [0.2, 0.25) is 0 Å². The molecule has 8 heteroatoms. The molecule has 7 nitrogen and oxygen atoms in total. The summed E-state index contributed by atoms with van der Waals surface area (Å²) in [7, 11) is 0. The number of hydrogen-bond donors (Lipinski definition) is 1. The second-order valence-corrected chi connectivity index (χ2v) is 8.42. The number of nitrogens with one attached hydrogen (secondary N) is 1. The van der Waals surface area contributed by atoms with Crippen LogP contribution in [0.2, 0.25) is 0 Å². The van der Waals surface area contributed by atoms with Crippen LogP contribution in [0.25, 0.3) is 6.08 Å². The van der Waals surface area contributed by atoms with E-state index < -0.39 is 0 Å². The SMILES string of the molecule is CCOc1ccc(COc2cccc(/C=C3/NC(=S)N(c4ccccc4OCC)C3=O)c2)cc1OCC. The first-order valence-corrected chi connectivity index (χ1v) is 12.6. The summed E-state index contributed by atoms with van der Waals surface area (Å²) in [6, 6.07) is 20.6. The average Bonchev–Trinajstić information content (AvgIpc) is 3.17. The molecule has 0 aliphatic carbocycles. The minimum Gasteiger partial charge on any atom is -0.492 e. The maximum Gasteiger partial charge on any atom is 0.281 e. The predicted octanol–water partition coefficient (Wildman–Crippen LogP) is 5.72. The molecule has 0 bridgehead atoms. The molecule has 1 fully saturated rings. The van der Waals surface area contributed by atoms with Crippen LogP contribution in [0, 0.1) is 0 Å². The maximum absolute atomic E-state index is 13.2. The van der Waals surface area contributed by atoms with Crippen LogP contribution in [-0.2, 0) is 11.4 Å². The van der Waals surface area contributed by atoms with Crippen LogP contribution in [0.5, 0.6) is 23.0 Å². The van der Waals surface area contributed by atoms with Gasteiger partial charge in [0, 0.05) is 0 Å². The van der Waals surface area contributed by atoms with Crippen LogP contribution in [0.1, 0.15) is 31.9 Å². The fourth-order valence-electron chi connectivity index (χ4n) is 3.89. The van der Waals surface area contributed by atoms with Crippen LogP contribution in [0.3, 0.4) is 0 Å². The van der Waals surface area contributed by atoms with Crippen molar-refractivity contribution in [1.29, 1.82) is 0 Å². The lowest BCUT2D eigenvalue weighted by Crippen LogP contribution is -2.30. The highest BCUT2D eigenvalue weighted by Gasteiger charge is 2.33. The van der Waals surface area contributed by atoms with Gasteiger partial charge in [0.15, 0.2) is 16.6 Å². The number of carbonyl (C=O) groups excluding carboxylic acids is 1. The Morgan fingerprint density at radius 1 is 0.811 bits per heavy atom. The van der Waals surface area contributed by atoms with Gasteiger partial charge in [0.25, 0.3) is 5.91 Å². The Balaban J connectivity index is 1.49. The Morgan fingerprint density at radius 2 is 1.54 bits per heavy atom. The normalized spacial score (nSPS) is 14.0. The number of benzene rings is 3. The second kappa shape index (κ2) is 12.3. The van der Waals surface area contributed by atoms with E-state index in [-0.39, 0.29) is 5.91 Å². The zero-order valence-corrected chi connectivity index (χ0v) is 22.0. The van der Waals surface area contributed by atoms with Gasteiger partial charge in [-0.2, -0.15) is 0 Å². The summed E-state index contributed by atoms with van der Waals surface area (Å²) in [6.07, 6.45) is 1.76. The molecular weight excluding hydrogens is 488 g/mol. The van der Waals surface area contributed by atoms with Crippen LogP contribution in [0.15, 0.2) is 72.4 Å². The maximum atomic E-state index is 13.2. The van der Waals surface area contributed by atoms with Crippen molar-refractivity contribution in [3.63, 3.8) is 0 Å². The van der Waals surface area contributed by atoms with Gasteiger partial charge >= 0.3 is 0 Å². The number of thiocarbonyl (C=S) groups is 1. The molecule has 1 aliphatic rings. The quantitative estimate of drug-likeness (QED) is 0.257. The van der Waals surface area contributed by atoms with E-state index in [2.05, 4.69) is 5.32 Å². The lowest BCUT2D eigenvalue weighted by atomic mass is 10.1. The molecule has 192 valence electrons. The van der Waals surface area contributed by atoms with E-state index in [1.54, 1.807) is 6.08 Å². The van der Waals surface area contributed by atoms with Crippen LogP contribution in [0.4, 0.5) is 5.69 Å². The summed E-state index contributed by atoms with van der Waals surface area (Å²) in [4.78, 5) is 14.7. The van der Waals surface area contributed by atoms with Gasteiger partial charge in [-0.1, -0.05) is 30.3 Å². The lowest BCUT2D eigenvalue weighted by molar-refractivity contribution is -0.113. The van der Waals surface area contributed by atoms with Gasteiger partial charge in [0.1, 0.15) is 23.8 Å². The van der Waals surface area contributed by atoms with Crippen molar-refractivity contribution < 1.29 is 23.7 Å². The average molecular weight is 519 g/mol. The smallest absolute Gasteiger partial charge is 0.281 e. The Hall–Kier alpha value is -4.04. The zero-order chi connectivity index (χ0) is 26.2. The molecule has 1 aliphatic heterocycles. The van der Waals surface area contributed by atoms with Gasteiger partial charge in [-0.05, 0) is 86.6 Å². The second-order valence-electron chi connectivity index (χ2n) is 8.04. The van der Waals surface area contributed by atoms with Crippen molar-refractivity contribution in [3.8, 4) is 23.0 Å². The molecule has 0 aromatic heterocycles. The van der Waals surface area contributed by atoms with E-state index in [1.807, 2.05) is 87.5 Å². The van der Waals surface area contributed by atoms with Gasteiger partial charge < -0.3 is 24.3 Å². The molecular formula is C29H30N2O5S. The third-order valence-electron chi connectivity index (χ3n) is 5.47. The Labute approximate surface area is 222 Å². The first-order valence-electron chi connectivity index (χ1n) is 12.2. The largest absolute Gasteiger partial charge is 0.492 e. The molecule has 0 spiro atoms. The number of hydrogen-bond acceptors (Lipinski definition) is 6. The topological polar surface area (TPSA) is 69.3 Å². The Kier molecular flexibility index (Phi) is 8.64. The van der Waals surface area contributed by atoms with E-state index in [0.717, 1.165) is 11.1 Å². The molecule has 0 atom stereocenters. The van der Waals surface area contributed by atoms with E-state index in [0.29, 0.717) is 65.9 Å². The van der Waals surface area contributed by atoms with E-state index in [9.17, 15) is 4.79 Å². The summed E-state index contributed by atoms with van der Waals surface area (Å²) >= 11 is 5.47. The van der Waals surface area contributed by atoms with Gasteiger partial charge in [0.05, 0.1) is 25.5 Å².